The predicted molar refractivity (Wildman–Crippen MR) is 78.1 cm³/mol. The molecule has 1 saturated carbocycles. The molecule has 114 valence electrons. The molecular weight excluding hydrogens is 272 g/mol. The van der Waals surface area contributed by atoms with Crippen molar-refractivity contribution in [2.45, 2.75) is 19.8 Å². The van der Waals surface area contributed by atoms with Gasteiger partial charge in [0, 0.05) is 23.7 Å². The molecule has 21 heavy (non-hydrogen) atoms. The van der Waals surface area contributed by atoms with Crippen LogP contribution in [0.2, 0.25) is 0 Å². The van der Waals surface area contributed by atoms with E-state index in [1.165, 1.54) is 0 Å². The van der Waals surface area contributed by atoms with E-state index in [1.54, 1.807) is 12.1 Å². The highest BCUT2D eigenvalue weighted by Crippen LogP contribution is 2.32. The maximum absolute atomic E-state index is 11.8. The maximum atomic E-state index is 11.8. The first kappa shape index (κ1) is 15.3. The number of rotatable bonds is 7. The Bertz CT molecular complexity index is 526. The van der Waals surface area contributed by atoms with Gasteiger partial charge in [0.15, 0.2) is 6.61 Å². The minimum Gasteiger partial charge on any atom is -0.483 e. The zero-order valence-electron chi connectivity index (χ0n) is 12.0. The number of anilines is 1. The van der Waals surface area contributed by atoms with E-state index in [4.69, 9.17) is 9.84 Å². The summed E-state index contributed by atoms with van der Waals surface area (Å²) in [6.45, 7) is 1.82. The number of carbonyl (C=O) groups excluding carboxylic acids is 2. The molecule has 1 fully saturated rings. The first-order chi connectivity index (χ1) is 10.1. The highest BCUT2D eigenvalue weighted by molar-refractivity contribution is 5.95. The Balaban J connectivity index is 1.93. The van der Waals surface area contributed by atoms with Crippen LogP contribution in [0, 0.1) is 12.8 Å². The van der Waals surface area contributed by atoms with Crippen LogP contribution in [0.25, 0.3) is 0 Å². The molecule has 6 heteroatoms. The molecule has 2 amide bonds. The zero-order chi connectivity index (χ0) is 15.2. The van der Waals surface area contributed by atoms with Crippen molar-refractivity contribution in [3.05, 3.63) is 23.8 Å². The summed E-state index contributed by atoms with van der Waals surface area (Å²) in [5, 5.41) is 14.0. The van der Waals surface area contributed by atoms with E-state index in [1.807, 2.05) is 13.0 Å². The van der Waals surface area contributed by atoms with Crippen molar-refractivity contribution in [1.82, 2.24) is 5.32 Å². The molecule has 0 unspecified atom stereocenters. The quantitative estimate of drug-likeness (QED) is 0.694. The lowest BCUT2D eigenvalue weighted by atomic mass is 10.1. The van der Waals surface area contributed by atoms with Crippen molar-refractivity contribution >= 4 is 17.5 Å². The molecule has 1 aromatic rings. The van der Waals surface area contributed by atoms with Crippen LogP contribution in [0.3, 0.4) is 0 Å². The van der Waals surface area contributed by atoms with Gasteiger partial charge in [0.2, 0.25) is 5.91 Å². The lowest BCUT2D eigenvalue weighted by Crippen LogP contribution is -2.31. The molecular formula is C15H20N2O4. The van der Waals surface area contributed by atoms with E-state index >= 15 is 0 Å². The summed E-state index contributed by atoms with van der Waals surface area (Å²) in [6, 6.07) is 5.34. The minimum atomic E-state index is -0.295. The van der Waals surface area contributed by atoms with Crippen molar-refractivity contribution in [2.75, 3.05) is 25.1 Å². The lowest BCUT2D eigenvalue weighted by Gasteiger charge is -2.13. The van der Waals surface area contributed by atoms with E-state index in [9.17, 15) is 9.59 Å². The van der Waals surface area contributed by atoms with E-state index in [-0.39, 0.29) is 37.5 Å². The predicted octanol–water partition coefficient (Wildman–Crippen LogP) is 0.831. The van der Waals surface area contributed by atoms with Crippen molar-refractivity contribution in [2.24, 2.45) is 5.92 Å². The summed E-state index contributed by atoms with van der Waals surface area (Å²) in [4.78, 5) is 23.2. The summed E-state index contributed by atoms with van der Waals surface area (Å²) in [5.74, 6) is 0.438. The van der Waals surface area contributed by atoms with Crippen molar-refractivity contribution < 1.29 is 19.4 Å². The van der Waals surface area contributed by atoms with Gasteiger partial charge in [0.25, 0.3) is 5.91 Å². The highest BCUT2D eigenvalue weighted by Gasteiger charge is 2.29. The third kappa shape index (κ3) is 4.46. The van der Waals surface area contributed by atoms with Gasteiger partial charge >= 0.3 is 0 Å². The van der Waals surface area contributed by atoms with E-state index in [2.05, 4.69) is 10.6 Å². The van der Waals surface area contributed by atoms with Gasteiger partial charge in [-0.15, -0.1) is 0 Å². The third-order valence-corrected chi connectivity index (χ3v) is 3.28. The van der Waals surface area contributed by atoms with E-state index in [0.717, 1.165) is 18.4 Å². The number of hydrogen-bond donors (Lipinski definition) is 3. The molecule has 1 aliphatic carbocycles. The molecule has 1 aliphatic rings. The molecule has 0 aliphatic heterocycles. The summed E-state index contributed by atoms with van der Waals surface area (Å²) in [5.41, 5.74) is 1.50. The monoisotopic (exact) mass is 292 g/mol. The lowest BCUT2D eigenvalue weighted by molar-refractivity contribution is -0.123. The normalized spacial score (nSPS) is 13.6. The van der Waals surface area contributed by atoms with Gasteiger partial charge in [0.05, 0.1) is 6.61 Å². The van der Waals surface area contributed by atoms with Gasteiger partial charge in [-0.1, -0.05) is 6.07 Å². The zero-order valence-corrected chi connectivity index (χ0v) is 12.0. The van der Waals surface area contributed by atoms with Crippen LogP contribution in [0.5, 0.6) is 5.75 Å². The van der Waals surface area contributed by atoms with Gasteiger partial charge in [-0.05, 0) is 31.9 Å². The van der Waals surface area contributed by atoms with Gasteiger partial charge in [-0.25, -0.2) is 0 Å². The number of nitrogens with one attached hydrogen (secondary N) is 2. The van der Waals surface area contributed by atoms with Crippen LogP contribution in [-0.2, 0) is 9.59 Å². The standard InChI is InChI=1S/C15H20N2O4/c1-10-12(17-15(20)11-5-6-11)3-2-4-13(10)21-9-14(19)16-7-8-18/h2-4,11,18H,5-9H2,1H3,(H,16,19)(H,17,20). The van der Waals surface area contributed by atoms with Crippen LogP contribution in [0.1, 0.15) is 18.4 Å². The Labute approximate surface area is 123 Å². The van der Waals surface area contributed by atoms with Crippen molar-refractivity contribution in [1.29, 1.82) is 0 Å². The number of aliphatic hydroxyl groups excluding tert-OH is 1. The molecule has 2 rings (SSSR count). The fraction of sp³-hybridized carbons (Fsp3) is 0.467. The first-order valence-electron chi connectivity index (χ1n) is 7.02. The Hall–Kier alpha value is -2.08. The summed E-state index contributed by atoms with van der Waals surface area (Å²) >= 11 is 0. The SMILES string of the molecule is Cc1c(NC(=O)C2CC2)cccc1OCC(=O)NCCO. The Kier molecular flexibility index (Phi) is 5.16. The van der Waals surface area contributed by atoms with Gasteiger partial charge in [-0.3, -0.25) is 9.59 Å². The molecule has 1 aromatic carbocycles. The van der Waals surface area contributed by atoms with Crippen LogP contribution in [0.4, 0.5) is 5.69 Å². The Morgan fingerprint density at radius 1 is 1.38 bits per heavy atom. The van der Waals surface area contributed by atoms with Gasteiger partial charge in [0.1, 0.15) is 5.75 Å². The number of carbonyl (C=O) groups is 2. The van der Waals surface area contributed by atoms with E-state index in [0.29, 0.717) is 11.4 Å². The van der Waals surface area contributed by atoms with Crippen LogP contribution < -0.4 is 15.4 Å². The summed E-state index contributed by atoms with van der Waals surface area (Å²) in [7, 11) is 0. The van der Waals surface area contributed by atoms with E-state index < -0.39 is 0 Å². The van der Waals surface area contributed by atoms with Crippen LogP contribution >= 0.6 is 0 Å². The number of ether oxygens (including phenoxy) is 1. The van der Waals surface area contributed by atoms with Crippen LogP contribution in [-0.4, -0.2) is 36.7 Å². The summed E-state index contributed by atoms with van der Waals surface area (Å²) < 4.78 is 5.45. The molecule has 0 spiro atoms. The van der Waals surface area contributed by atoms with Gasteiger partial charge in [-0.2, -0.15) is 0 Å². The molecule has 0 bridgehead atoms. The highest BCUT2D eigenvalue weighted by atomic mass is 16.5. The number of amides is 2. The maximum Gasteiger partial charge on any atom is 0.258 e. The van der Waals surface area contributed by atoms with Crippen molar-refractivity contribution in [3.63, 3.8) is 0 Å². The second-order valence-corrected chi connectivity index (χ2v) is 5.05. The summed E-state index contributed by atoms with van der Waals surface area (Å²) in [6.07, 6.45) is 1.90. The second kappa shape index (κ2) is 7.08. The first-order valence-corrected chi connectivity index (χ1v) is 7.02. The molecule has 3 N–H and O–H groups in total. The second-order valence-electron chi connectivity index (χ2n) is 5.05. The molecule has 0 saturated heterocycles. The number of benzene rings is 1. The largest absolute Gasteiger partial charge is 0.483 e. The Morgan fingerprint density at radius 3 is 2.81 bits per heavy atom. The fourth-order valence-corrected chi connectivity index (χ4v) is 1.88. The smallest absolute Gasteiger partial charge is 0.258 e. The molecule has 0 aromatic heterocycles. The molecule has 0 atom stereocenters. The van der Waals surface area contributed by atoms with Gasteiger partial charge < -0.3 is 20.5 Å². The third-order valence-electron chi connectivity index (χ3n) is 3.28. The Morgan fingerprint density at radius 2 is 2.14 bits per heavy atom. The van der Waals surface area contributed by atoms with Crippen LogP contribution in [0.15, 0.2) is 18.2 Å². The molecule has 0 radical (unpaired) electrons. The number of aliphatic hydroxyl groups is 1. The minimum absolute atomic E-state index is 0.0379. The topological polar surface area (TPSA) is 87.7 Å². The average Bonchev–Trinajstić information content (AvgIpc) is 3.30. The fourth-order valence-electron chi connectivity index (χ4n) is 1.88. The molecule has 0 heterocycles. The average molecular weight is 292 g/mol. The van der Waals surface area contributed by atoms with Crippen molar-refractivity contribution in [3.8, 4) is 5.75 Å². The number of hydrogen-bond acceptors (Lipinski definition) is 4. The molecule has 6 nitrogen and oxygen atoms in total.